The molecule has 0 unspecified atom stereocenters. The van der Waals surface area contributed by atoms with E-state index in [4.69, 9.17) is 9.72 Å². The van der Waals surface area contributed by atoms with Gasteiger partial charge in [0.1, 0.15) is 0 Å². The van der Waals surface area contributed by atoms with E-state index in [1.54, 1.807) is 23.1 Å². The molecular formula is C24H29N3O2S2. The van der Waals surface area contributed by atoms with Gasteiger partial charge < -0.3 is 4.74 Å². The fraction of sp³-hybridized carbons (Fsp3) is 0.417. The molecule has 0 saturated carbocycles. The molecule has 0 spiro atoms. The Kier molecular flexibility index (Phi) is 7.61. The van der Waals surface area contributed by atoms with Crippen molar-refractivity contribution in [3.8, 4) is 0 Å². The summed E-state index contributed by atoms with van der Waals surface area (Å²) in [4.78, 5) is 23.6. The van der Waals surface area contributed by atoms with Crippen molar-refractivity contribution in [1.82, 2.24) is 9.88 Å². The fourth-order valence-corrected chi connectivity index (χ4v) is 5.54. The van der Waals surface area contributed by atoms with E-state index in [-0.39, 0.29) is 5.91 Å². The molecule has 1 amide bonds. The van der Waals surface area contributed by atoms with E-state index >= 15 is 0 Å². The number of amides is 1. The summed E-state index contributed by atoms with van der Waals surface area (Å²) < 4.78 is 6.59. The van der Waals surface area contributed by atoms with Crippen LogP contribution in [0.15, 0.2) is 47.4 Å². The largest absolute Gasteiger partial charge is 0.379 e. The van der Waals surface area contributed by atoms with Crippen molar-refractivity contribution >= 4 is 44.4 Å². The number of fused-ring (bicyclic) bond motifs is 1. The minimum Gasteiger partial charge on any atom is -0.379 e. The van der Waals surface area contributed by atoms with Crippen molar-refractivity contribution in [1.29, 1.82) is 0 Å². The van der Waals surface area contributed by atoms with Crippen molar-refractivity contribution < 1.29 is 9.53 Å². The zero-order chi connectivity index (χ0) is 21.6. The average Bonchev–Trinajstić information content (AvgIpc) is 3.21. The van der Waals surface area contributed by atoms with E-state index in [1.807, 2.05) is 4.90 Å². The maximum absolute atomic E-state index is 13.3. The number of carbonyl (C=O) groups excluding carboxylic acids is 1. The van der Waals surface area contributed by atoms with Crippen LogP contribution in [0, 0.1) is 13.8 Å². The first-order valence-electron chi connectivity index (χ1n) is 10.8. The van der Waals surface area contributed by atoms with Crippen LogP contribution >= 0.6 is 23.1 Å². The second-order valence-corrected chi connectivity index (χ2v) is 10.0. The van der Waals surface area contributed by atoms with E-state index in [2.05, 4.69) is 61.2 Å². The average molecular weight is 456 g/mol. The number of thiazole rings is 1. The number of para-hydroxylation sites is 1. The lowest BCUT2D eigenvalue weighted by atomic mass is 10.2. The second kappa shape index (κ2) is 10.6. The van der Waals surface area contributed by atoms with Gasteiger partial charge in [-0.3, -0.25) is 14.6 Å². The van der Waals surface area contributed by atoms with Crippen LogP contribution < -0.4 is 4.90 Å². The molecule has 1 saturated heterocycles. The van der Waals surface area contributed by atoms with Crippen LogP contribution in [0.5, 0.6) is 0 Å². The zero-order valence-electron chi connectivity index (χ0n) is 18.2. The van der Waals surface area contributed by atoms with Crippen molar-refractivity contribution in [2.45, 2.75) is 25.2 Å². The first-order chi connectivity index (χ1) is 15.1. The van der Waals surface area contributed by atoms with Gasteiger partial charge in [0.15, 0.2) is 5.13 Å². The van der Waals surface area contributed by atoms with Crippen LogP contribution in [0.3, 0.4) is 0 Å². The number of ether oxygens (including phenoxy) is 1. The Morgan fingerprint density at radius 1 is 1.16 bits per heavy atom. The van der Waals surface area contributed by atoms with Crippen LogP contribution in [-0.4, -0.2) is 60.9 Å². The van der Waals surface area contributed by atoms with Gasteiger partial charge in [-0.25, -0.2) is 4.98 Å². The van der Waals surface area contributed by atoms with E-state index < -0.39 is 0 Å². The highest BCUT2D eigenvalue weighted by Gasteiger charge is 2.21. The fourth-order valence-electron chi connectivity index (χ4n) is 3.61. The highest BCUT2D eigenvalue weighted by Crippen LogP contribution is 2.31. The van der Waals surface area contributed by atoms with Gasteiger partial charge in [-0.05, 0) is 37.6 Å². The molecule has 5 nitrogen and oxygen atoms in total. The predicted octanol–water partition coefficient (Wildman–Crippen LogP) is 4.76. The molecule has 1 aromatic heterocycles. The van der Waals surface area contributed by atoms with Crippen molar-refractivity contribution in [3.63, 3.8) is 0 Å². The molecule has 2 heterocycles. The molecule has 3 aromatic rings. The molecule has 1 fully saturated rings. The number of aromatic nitrogens is 1. The Hall–Kier alpha value is -1.93. The van der Waals surface area contributed by atoms with E-state index in [1.165, 1.54) is 10.5 Å². The molecule has 1 aliphatic heterocycles. The molecular weight excluding hydrogens is 426 g/mol. The minimum absolute atomic E-state index is 0.143. The molecule has 4 rings (SSSR count). The molecule has 0 N–H and O–H groups in total. The summed E-state index contributed by atoms with van der Waals surface area (Å²) in [5, 5.41) is 0.808. The molecule has 2 aromatic carbocycles. The van der Waals surface area contributed by atoms with Crippen molar-refractivity contribution in [3.05, 3.63) is 53.6 Å². The topological polar surface area (TPSA) is 45.7 Å². The van der Waals surface area contributed by atoms with Crippen molar-refractivity contribution in [2.75, 3.05) is 50.0 Å². The van der Waals surface area contributed by atoms with Crippen molar-refractivity contribution in [2.24, 2.45) is 0 Å². The molecule has 0 atom stereocenters. The van der Waals surface area contributed by atoms with Gasteiger partial charge in [-0.2, -0.15) is 0 Å². The van der Waals surface area contributed by atoms with Gasteiger partial charge in [0.2, 0.25) is 5.91 Å². The summed E-state index contributed by atoms with van der Waals surface area (Å²) in [6.45, 7) is 9.04. The number of nitrogens with zero attached hydrogens (tertiary/aromatic N) is 3. The molecule has 1 aliphatic rings. The first-order valence-corrected chi connectivity index (χ1v) is 12.6. The number of aryl methyl sites for hydroxylation is 2. The molecule has 164 valence electrons. The number of benzene rings is 2. The van der Waals surface area contributed by atoms with Crippen LogP contribution in [0.1, 0.15) is 17.5 Å². The summed E-state index contributed by atoms with van der Waals surface area (Å²) in [6.07, 6.45) is 0.497. The summed E-state index contributed by atoms with van der Waals surface area (Å²) in [6, 6.07) is 14.7. The van der Waals surface area contributed by atoms with Gasteiger partial charge >= 0.3 is 0 Å². The van der Waals surface area contributed by atoms with Crippen LogP contribution in [0.25, 0.3) is 10.2 Å². The van der Waals surface area contributed by atoms with Gasteiger partial charge in [0, 0.05) is 43.2 Å². The lowest BCUT2D eigenvalue weighted by molar-refractivity contribution is -0.118. The number of carbonyl (C=O) groups is 1. The number of hydrogen-bond donors (Lipinski definition) is 0. The lowest BCUT2D eigenvalue weighted by Gasteiger charge is -2.29. The van der Waals surface area contributed by atoms with Gasteiger partial charge in [-0.1, -0.05) is 41.2 Å². The molecule has 0 aliphatic carbocycles. The lowest BCUT2D eigenvalue weighted by Crippen LogP contribution is -2.43. The van der Waals surface area contributed by atoms with Gasteiger partial charge in [0.05, 0.1) is 23.4 Å². The minimum atomic E-state index is 0.143. The third-order valence-electron chi connectivity index (χ3n) is 5.49. The number of anilines is 1. The third-order valence-corrected chi connectivity index (χ3v) is 7.55. The number of thioether (sulfide) groups is 1. The molecule has 31 heavy (non-hydrogen) atoms. The maximum atomic E-state index is 13.3. The Morgan fingerprint density at radius 2 is 1.94 bits per heavy atom. The maximum Gasteiger partial charge on any atom is 0.229 e. The Labute approximate surface area is 192 Å². The highest BCUT2D eigenvalue weighted by atomic mass is 32.2. The van der Waals surface area contributed by atoms with Crippen LogP contribution in [0.2, 0.25) is 0 Å². The first kappa shape index (κ1) is 22.3. The third kappa shape index (κ3) is 5.86. The van der Waals surface area contributed by atoms with E-state index in [9.17, 15) is 4.79 Å². The standard InChI is InChI=1S/C24H29N3O2S2/c1-18-6-8-20(9-7-18)30-17-10-22(28)27(12-11-26-13-15-29-16-14-26)24-25-23-19(2)4-3-5-21(23)31-24/h3-9H,10-17H2,1-2H3. The smallest absolute Gasteiger partial charge is 0.229 e. The molecule has 0 radical (unpaired) electrons. The predicted molar refractivity (Wildman–Crippen MR) is 130 cm³/mol. The summed E-state index contributed by atoms with van der Waals surface area (Å²) in [7, 11) is 0. The van der Waals surface area contributed by atoms with E-state index in [0.717, 1.165) is 59.5 Å². The van der Waals surface area contributed by atoms with Gasteiger partial charge in [0.25, 0.3) is 0 Å². The number of rotatable bonds is 8. The molecule has 7 heteroatoms. The van der Waals surface area contributed by atoms with Crippen LogP contribution in [0.4, 0.5) is 5.13 Å². The normalized spacial score (nSPS) is 14.8. The second-order valence-electron chi connectivity index (χ2n) is 7.83. The Balaban J connectivity index is 1.45. The van der Waals surface area contributed by atoms with Gasteiger partial charge in [-0.15, -0.1) is 11.8 Å². The highest BCUT2D eigenvalue weighted by molar-refractivity contribution is 7.99. The van der Waals surface area contributed by atoms with E-state index in [0.29, 0.717) is 13.0 Å². The summed E-state index contributed by atoms with van der Waals surface area (Å²) in [5.41, 5.74) is 3.40. The summed E-state index contributed by atoms with van der Waals surface area (Å²) in [5.74, 6) is 0.907. The SMILES string of the molecule is Cc1ccc(SCCC(=O)N(CCN2CCOCC2)c2nc3c(C)cccc3s2)cc1. The number of morpholine rings is 1. The quantitative estimate of drug-likeness (QED) is 0.458. The number of hydrogen-bond acceptors (Lipinski definition) is 6. The monoisotopic (exact) mass is 455 g/mol. The van der Waals surface area contributed by atoms with Crippen LogP contribution in [-0.2, 0) is 9.53 Å². The Bertz CT molecular complexity index is 1010. The molecule has 0 bridgehead atoms. The Morgan fingerprint density at radius 3 is 2.68 bits per heavy atom. The zero-order valence-corrected chi connectivity index (χ0v) is 19.8. The summed E-state index contributed by atoms with van der Waals surface area (Å²) >= 11 is 3.34.